The Morgan fingerprint density at radius 3 is 2.53 bits per heavy atom. The third kappa shape index (κ3) is 4.57. The van der Waals surface area contributed by atoms with E-state index in [9.17, 15) is 24.0 Å². The number of benzene rings is 2. The number of hydrogen-bond donors (Lipinski definition) is 1. The second kappa shape index (κ2) is 10.0. The molecule has 0 saturated heterocycles. The molecule has 4 rings (SSSR count). The molecule has 10 nitrogen and oxygen atoms in total. The highest BCUT2D eigenvalue weighted by Crippen LogP contribution is 2.31. The second-order valence-corrected chi connectivity index (χ2v) is 8.44. The Labute approximate surface area is 205 Å². The lowest BCUT2D eigenvalue weighted by Crippen LogP contribution is -2.43. The van der Waals surface area contributed by atoms with Crippen molar-refractivity contribution in [2.24, 2.45) is 7.05 Å². The van der Waals surface area contributed by atoms with Gasteiger partial charge in [0, 0.05) is 20.0 Å². The topological polar surface area (TPSA) is 140 Å². The third-order valence-electron chi connectivity index (χ3n) is 6.03. The van der Waals surface area contributed by atoms with Crippen LogP contribution in [0.5, 0.6) is 0 Å². The molecule has 0 saturated carbocycles. The maximum absolute atomic E-state index is 12.8. The molecule has 0 amide bonds. The Bertz CT molecular complexity index is 1470. The van der Waals surface area contributed by atoms with E-state index in [2.05, 4.69) is 0 Å². The van der Waals surface area contributed by atoms with Crippen LogP contribution in [0.3, 0.4) is 0 Å². The van der Waals surface area contributed by atoms with Gasteiger partial charge in [-0.15, -0.1) is 0 Å². The van der Waals surface area contributed by atoms with Gasteiger partial charge in [-0.2, -0.15) is 0 Å². The minimum atomic E-state index is -0.856. The summed E-state index contributed by atoms with van der Waals surface area (Å²) in [6, 6.07) is 13.7. The standard InChI is InChI=1S/C26H25N3O7/c1-3-11-29-22(27)21(23(31)28(2)26(29)34)19(30)14-35-24(32)16-9-10-18-17(12-16)13-20(36-25(18)33)15-7-5-4-6-8-15/h4-10,12,20H,3,11,13-14,27H2,1-2H3/t20-/m1/s1. The van der Waals surface area contributed by atoms with Gasteiger partial charge in [-0.05, 0) is 35.7 Å². The Morgan fingerprint density at radius 2 is 1.83 bits per heavy atom. The normalized spacial score (nSPS) is 14.6. The zero-order chi connectivity index (χ0) is 26.0. The molecule has 1 atom stereocenters. The fraction of sp³-hybridized carbons (Fsp3) is 0.269. The van der Waals surface area contributed by atoms with E-state index in [0.29, 0.717) is 24.0 Å². The van der Waals surface area contributed by atoms with Gasteiger partial charge in [0.1, 0.15) is 17.5 Å². The Balaban J connectivity index is 1.53. The largest absolute Gasteiger partial charge is 0.454 e. The lowest BCUT2D eigenvalue weighted by atomic mass is 9.93. The van der Waals surface area contributed by atoms with E-state index in [1.165, 1.54) is 25.2 Å². The summed E-state index contributed by atoms with van der Waals surface area (Å²) in [5.41, 5.74) is 6.00. The maximum atomic E-state index is 12.8. The number of carbonyl (C=O) groups is 3. The molecule has 2 N–H and O–H groups in total. The van der Waals surface area contributed by atoms with E-state index < -0.39 is 47.2 Å². The first-order valence-electron chi connectivity index (χ1n) is 11.4. The third-order valence-corrected chi connectivity index (χ3v) is 6.03. The zero-order valence-corrected chi connectivity index (χ0v) is 19.9. The number of anilines is 1. The molecule has 1 aliphatic heterocycles. The van der Waals surface area contributed by atoms with Crippen LogP contribution in [0, 0.1) is 0 Å². The summed E-state index contributed by atoms with van der Waals surface area (Å²) in [5.74, 6) is -2.38. The number of ketones is 1. The molecule has 0 aliphatic carbocycles. The fourth-order valence-corrected chi connectivity index (χ4v) is 4.15. The molecule has 1 aromatic heterocycles. The van der Waals surface area contributed by atoms with Crippen LogP contribution in [0.1, 0.15) is 61.6 Å². The molecule has 0 unspecified atom stereocenters. The minimum absolute atomic E-state index is 0.139. The number of hydrogen-bond acceptors (Lipinski definition) is 8. The van der Waals surface area contributed by atoms with Crippen LogP contribution in [0.25, 0.3) is 0 Å². The fourth-order valence-electron chi connectivity index (χ4n) is 4.15. The average Bonchev–Trinajstić information content (AvgIpc) is 2.88. The van der Waals surface area contributed by atoms with Crippen molar-refractivity contribution < 1.29 is 23.9 Å². The SMILES string of the molecule is CCCn1c(N)c(C(=O)COC(=O)c2ccc3c(c2)C[C@H](c2ccccc2)OC3=O)c(=O)n(C)c1=O. The number of cyclic esters (lactones) is 1. The van der Waals surface area contributed by atoms with E-state index >= 15 is 0 Å². The quantitative estimate of drug-likeness (QED) is 0.391. The first kappa shape index (κ1) is 24.6. The zero-order valence-electron chi connectivity index (χ0n) is 19.9. The lowest BCUT2D eigenvalue weighted by molar-refractivity contribution is 0.0251. The number of nitrogens with zero attached hydrogens (tertiary/aromatic N) is 2. The van der Waals surface area contributed by atoms with Crippen LogP contribution in [0.4, 0.5) is 5.82 Å². The van der Waals surface area contributed by atoms with Gasteiger partial charge in [-0.3, -0.25) is 18.7 Å². The van der Waals surface area contributed by atoms with Crippen LogP contribution >= 0.6 is 0 Å². The number of fused-ring (bicyclic) bond motifs is 1. The van der Waals surface area contributed by atoms with E-state index in [1.807, 2.05) is 37.3 Å². The number of nitrogen functional groups attached to an aromatic ring is 1. The van der Waals surface area contributed by atoms with Gasteiger partial charge in [-0.25, -0.2) is 14.4 Å². The average molecular weight is 492 g/mol. The molecular formula is C26H25N3O7. The van der Waals surface area contributed by atoms with Crippen LogP contribution in [-0.2, 0) is 29.5 Å². The van der Waals surface area contributed by atoms with Crippen molar-refractivity contribution >= 4 is 23.5 Å². The van der Waals surface area contributed by atoms with E-state index in [-0.39, 0.29) is 17.9 Å². The molecule has 36 heavy (non-hydrogen) atoms. The highest BCUT2D eigenvalue weighted by atomic mass is 16.5. The van der Waals surface area contributed by atoms with E-state index in [4.69, 9.17) is 15.2 Å². The minimum Gasteiger partial charge on any atom is -0.454 e. The first-order chi connectivity index (χ1) is 17.2. The Morgan fingerprint density at radius 1 is 1.11 bits per heavy atom. The lowest BCUT2D eigenvalue weighted by Gasteiger charge is -2.25. The summed E-state index contributed by atoms with van der Waals surface area (Å²) in [6.07, 6.45) is 0.440. The number of ether oxygens (including phenoxy) is 2. The van der Waals surface area contributed by atoms with Gasteiger partial charge in [-0.1, -0.05) is 37.3 Å². The van der Waals surface area contributed by atoms with Gasteiger partial charge < -0.3 is 15.2 Å². The van der Waals surface area contributed by atoms with Crippen LogP contribution in [0.15, 0.2) is 58.1 Å². The van der Waals surface area contributed by atoms with Gasteiger partial charge in [0.05, 0.1) is 11.1 Å². The van der Waals surface area contributed by atoms with Crippen molar-refractivity contribution in [1.29, 1.82) is 0 Å². The molecule has 2 heterocycles. The Hall–Kier alpha value is -4.47. The second-order valence-electron chi connectivity index (χ2n) is 8.44. The number of nitrogens with two attached hydrogens (primary N) is 1. The maximum Gasteiger partial charge on any atom is 0.339 e. The summed E-state index contributed by atoms with van der Waals surface area (Å²) < 4.78 is 12.6. The van der Waals surface area contributed by atoms with Crippen molar-refractivity contribution in [3.63, 3.8) is 0 Å². The molecule has 0 spiro atoms. The molecule has 0 fully saturated rings. The summed E-state index contributed by atoms with van der Waals surface area (Å²) in [5, 5.41) is 0. The Kier molecular flexibility index (Phi) is 6.86. The van der Waals surface area contributed by atoms with Gasteiger partial charge >= 0.3 is 17.6 Å². The van der Waals surface area contributed by atoms with Crippen molar-refractivity contribution in [3.05, 3.63) is 97.2 Å². The summed E-state index contributed by atoms with van der Waals surface area (Å²) in [4.78, 5) is 62.8. The molecule has 10 heteroatoms. The highest BCUT2D eigenvalue weighted by molar-refractivity contribution is 6.02. The molecule has 0 bridgehead atoms. The number of Topliss-reactive ketones (excluding diaryl/α,β-unsaturated/α-hetero) is 1. The molecule has 3 aromatic rings. The van der Waals surface area contributed by atoms with Crippen LogP contribution in [0.2, 0.25) is 0 Å². The summed E-state index contributed by atoms with van der Waals surface area (Å²) in [6.45, 7) is 1.30. The monoisotopic (exact) mass is 491 g/mol. The highest BCUT2D eigenvalue weighted by Gasteiger charge is 2.29. The van der Waals surface area contributed by atoms with Crippen molar-refractivity contribution in [2.45, 2.75) is 32.4 Å². The number of esters is 2. The summed E-state index contributed by atoms with van der Waals surface area (Å²) in [7, 11) is 1.25. The predicted octanol–water partition coefficient (Wildman–Crippen LogP) is 2.03. The number of rotatable bonds is 7. The van der Waals surface area contributed by atoms with Gasteiger partial charge in [0.25, 0.3) is 5.56 Å². The van der Waals surface area contributed by atoms with Crippen LogP contribution in [-0.4, -0.2) is 33.5 Å². The molecule has 1 aliphatic rings. The smallest absolute Gasteiger partial charge is 0.339 e. The van der Waals surface area contributed by atoms with Gasteiger partial charge in [0.15, 0.2) is 6.61 Å². The van der Waals surface area contributed by atoms with Crippen LogP contribution < -0.4 is 17.0 Å². The van der Waals surface area contributed by atoms with Gasteiger partial charge in [0.2, 0.25) is 5.78 Å². The number of aromatic nitrogens is 2. The molecule has 2 aromatic carbocycles. The molecule has 186 valence electrons. The summed E-state index contributed by atoms with van der Waals surface area (Å²) >= 11 is 0. The first-order valence-corrected chi connectivity index (χ1v) is 11.4. The molecule has 0 radical (unpaired) electrons. The number of carbonyl (C=O) groups excluding carboxylic acids is 3. The van der Waals surface area contributed by atoms with Crippen molar-refractivity contribution in [3.8, 4) is 0 Å². The van der Waals surface area contributed by atoms with Crippen molar-refractivity contribution in [1.82, 2.24) is 9.13 Å². The van der Waals surface area contributed by atoms with Crippen molar-refractivity contribution in [2.75, 3.05) is 12.3 Å². The predicted molar refractivity (Wildman–Crippen MR) is 130 cm³/mol. The molecular weight excluding hydrogens is 466 g/mol. The van der Waals surface area contributed by atoms with E-state index in [0.717, 1.165) is 14.7 Å². The van der Waals surface area contributed by atoms with E-state index in [1.54, 1.807) is 0 Å².